The quantitative estimate of drug-likeness (QED) is 0.839. The average Bonchev–Trinajstić information content (AvgIpc) is 2.83. The van der Waals surface area contributed by atoms with Crippen LogP contribution in [-0.4, -0.2) is 19.3 Å². The fraction of sp³-hybridized carbons (Fsp3) is 0.625. The molecule has 0 fully saturated rings. The van der Waals surface area contributed by atoms with Crippen LogP contribution in [0.5, 0.6) is 0 Å². The molecule has 0 radical (unpaired) electrons. The van der Waals surface area contributed by atoms with Gasteiger partial charge in [0.2, 0.25) is 0 Å². The maximum Gasteiger partial charge on any atom is 0.0725 e. The van der Waals surface area contributed by atoms with Crippen molar-refractivity contribution in [3.8, 4) is 0 Å². The highest BCUT2D eigenvalue weighted by atomic mass is 16.5. The van der Waals surface area contributed by atoms with Crippen molar-refractivity contribution >= 4 is 0 Å². The summed E-state index contributed by atoms with van der Waals surface area (Å²) in [6.45, 7) is 2.17. The third-order valence-electron chi connectivity index (χ3n) is 3.99. The summed E-state index contributed by atoms with van der Waals surface area (Å²) in [5.41, 5.74) is 10.7. The highest BCUT2D eigenvalue weighted by molar-refractivity contribution is 5.35. The number of nitrogens with two attached hydrogens (primary N) is 1. The summed E-state index contributed by atoms with van der Waals surface area (Å²) in [4.78, 5) is 0. The van der Waals surface area contributed by atoms with Crippen LogP contribution in [0.3, 0.4) is 0 Å². The Morgan fingerprint density at radius 1 is 1.28 bits per heavy atom. The van der Waals surface area contributed by atoms with Crippen LogP contribution < -0.4 is 5.73 Å². The zero-order valence-corrected chi connectivity index (χ0v) is 11.6. The van der Waals surface area contributed by atoms with Crippen LogP contribution in [-0.2, 0) is 24.0 Å². The van der Waals surface area contributed by atoms with Crippen LogP contribution in [0.4, 0.5) is 0 Å². The molecule has 1 aromatic carbocycles. The van der Waals surface area contributed by atoms with Gasteiger partial charge in [-0.3, -0.25) is 0 Å². The second kappa shape index (κ2) is 6.35. The lowest BCUT2D eigenvalue weighted by atomic mass is 9.97. The largest absolute Gasteiger partial charge is 0.380 e. The summed E-state index contributed by atoms with van der Waals surface area (Å²) in [5, 5.41) is 0. The van der Waals surface area contributed by atoms with E-state index in [9.17, 15) is 0 Å². The molecule has 0 aromatic heterocycles. The smallest absolute Gasteiger partial charge is 0.0725 e. The molecule has 0 saturated carbocycles. The van der Waals surface area contributed by atoms with Gasteiger partial charge in [0, 0.05) is 13.2 Å². The molecule has 0 saturated heterocycles. The summed E-state index contributed by atoms with van der Waals surface area (Å²) in [5.74, 6) is 0. The van der Waals surface area contributed by atoms with Gasteiger partial charge in [-0.25, -0.2) is 0 Å². The summed E-state index contributed by atoms with van der Waals surface area (Å²) in [6.07, 6.45) is 7.06. The van der Waals surface area contributed by atoms with Gasteiger partial charge in [-0.05, 0) is 48.8 Å². The Hall–Kier alpha value is -0.860. The number of ether oxygens (including phenoxy) is 1. The second-order valence-electron chi connectivity index (χ2n) is 5.39. The molecule has 1 aromatic rings. The van der Waals surface area contributed by atoms with Crippen LogP contribution in [0.2, 0.25) is 0 Å². The first-order valence-electron chi connectivity index (χ1n) is 7.13. The highest BCUT2D eigenvalue weighted by Crippen LogP contribution is 2.23. The topological polar surface area (TPSA) is 35.2 Å². The van der Waals surface area contributed by atoms with Crippen molar-refractivity contribution < 1.29 is 4.74 Å². The van der Waals surface area contributed by atoms with Crippen LogP contribution in [0.1, 0.15) is 42.9 Å². The third kappa shape index (κ3) is 3.12. The molecule has 0 heterocycles. The molecule has 0 aliphatic heterocycles. The van der Waals surface area contributed by atoms with E-state index in [2.05, 4.69) is 25.1 Å². The van der Waals surface area contributed by atoms with Gasteiger partial charge in [-0.2, -0.15) is 0 Å². The summed E-state index contributed by atoms with van der Waals surface area (Å²) in [7, 11) is 1.77. The van der Waals surface area contributed by atoms with Crippen molar-refractivity contribution in [1.82, 2.24) is 0 Å². The summed E-state index contributed by atoms with van der Waals surface area (Å²) < 4.78 is 5.49. The maximum absolute atomic E-state index is 6.27. The first-order valence-corrected chi connectivity index (χ1v) is 7.13. The molecular weight excluding hydrogens is 222 g/mol. The third-order valence-corrected chi connectivity index (χ3v) is 3.99. The number of rotatable bonds is 6. The van der Waals surface area contributed by atoms with E-state index < -0.39 is 0 Å². The van der Waals surface area contributed by atoms with Crippen LogP contribution in [0, 0.1) is 0 Å². The molecule has 18 heavy (non-hydrogen) atoms. The summed E-state index contributed by atoms with van der Waals surface area (Å²) >= 11 is 0. The van der Waals surface area contributed by atoms with Gasteiger partial charge in [0.25, 0.3) is 0 Å². The molecule has 2 atom stereocenters. The van der Waals surface area contributed by atoms with Gasteiger partial charge < -0.3 is 10.5 Å². The van der Waals surface area contributed by atoms with E-state index in [4.69, 9.17) is 10.5 Å². The number of hydrogen-bond acceptors (Lipinski definition) is 2. The van der Waals surface area contributed by atoms with Gasteiger partial charge in [-0.15, -0.1) is 0 Å². The number of fused-ring (bicyclic) bond motifs is 1. The number of benzene rings is 1. The summed E-state index contributed by atoms with van der Waals surface area (Å²) in [6, 6.07) is 6.98. The van der Waals surface area contributed by atoms with Gasteiger partial charge >= 0.3 is 0 Å². The van der Waals surface area contributed by atoms with Gasteiger partial charge in [-0.1, -0.05) is 31.5 Å². The minimum absolute atomic E-state index is 0.106. The average molecular weight is 247 g/mol. The van der Waals surface area contributed by atoms with Crippen molar-refractivity contribution in [3.63, 3.8) is 0 Å². The first kappa shape index (κ1) is 13.6. The first-order chi connectivity index (χ1) is 8.74. The second-order valence-corrected chi connectivity index (χ2v) is 5.39. The minimum atomic E-state index is 0.106. The molecule has 2 rings (SSSR count). The Morgan fingerprint density at radius 2 is 2.06 bits per heavy atom. The Kier molecular flexibility index (Phi) is 4.79. The number of hydrogen-bond donors (Lipinski definition) is 1. The number of methoxy groups -OCH3 is 1. The molecule has 2 unspecified atom stereocenters. The van der Waals surface area contributed by atoms with Gasteiger partial charge in [0.15, 0.2) is 0 Å². The van der Waals surface area contributed by atoms with Crippen LogP contribution in [0.25, 0.3) is 0 Å². The van der Waals surface area contributed by atoms with Crippen LogP contribution >= 0.6 is 0 Å². The van der Waals surface area contributed by atoms with Gasteiger partial charge in [0.05, 0.1) is 6.10 Å². The fourth-order valence-corrected chi connectivity index (χ4v) is 2.95. The fourth-order valence-electron chi connectivity index (χ4n) is 2.95. The molecule has 0 bridgehead atoms. The standard InChI is InChI=1S/C16H25NO/c1-3-5-16(18-2)15(17)11-12-8-9-13-6-4-7-14(13)10-12/h8-10,15-16H,3-7,11,17H2,1-2H3. The van der Waals surface area contributed by atoms with Crippen molar-refractivity contribution in [2.45, 2.75) is 57.6 Å². The van der Waals surface area contributed by atoms with E-state index in [1.165, 1.54) is 36.0 Å². The molecule has 1 aliphatic carbocycles. The molecule has 2 N–H and O–H groups in total. The van der Waals surface area contributed by atoms with Gasteiger partial charge in [0.1, 0.15) is 0 Å². The van der Waals surface area contributed by atoms with E-state index in [-0.39, 0.29) is 12.1 Å². The van der Waals surface area contributed by atoms with Crippen molar-refractivity contribution in [3.05, 3.63) is 34.9 Å². The lowest BCUT2D eigenvalue weighted by Crippen LogP contribution is -2.37. The highest BCUT2D eigenvalue weighted by Gasteiger charge is 2.18. The molecule has 100 valence electrons. The molecule has 2 nitrogen and oxygen atoms in total. The van der Waals surface area contributed by atoms with Crippen LogP contribution in [0.15, 0.2) is 18.2 Å². The Morgan fingerprint density at radius 3 is 2.78 bits per heavy atom. The maximum atomic E-state index is 6.27. The van der Waals surface area contributed by atoms with Crippen molar-refractivity contribution in [2.75, 3.05) is 7.11 Å². The number of aryl methyl sites for hydroxylation is 2. The Labute approximate surface area is 111 Å². The zero-order chi connectivity index (χ0) is 13.0. The Bertz CT molecular complexity index is 389. The molecule has 2 heteroatoms. The molecular formula is C16H25NO. The molecule has 0 spiro atoms. The Balaban J connectivity index is 2.00. The SMILES string of the molecule is CCCC(OC)C(N)Cc1ccc2c(c1)CCC2. The molecule has 1 aliphatic rings. The van der Waals surface area contributed by atoms with Crippen molar-refractivity contribution in [1.29, 1.82) is 0 Å². The normalized spacial score (nSPS) is 17.5. The lowest BCUT2D eigenvalue weighted by Gasteiger charge is -2.22. The minimum Gasteiger partial charge on any atom is -0.380 e. The zero-order valence-electron chi connectivity index (χ0n) is 11.6. The predicted octanol–water partition coefficient (Wildman–Crippen LogP) is 2.86. The van der Waals surface area contributed by atoms with E-state index in [0.29, 0.717) is 0 Å². The van der Waals surface area contributed by atoms with E-state index in [0.717, 1.165) is 19.3 Å². The van der Waals surface area contributed by atoms with E-state index in [1.54, 1.807) is 7.11 Å². The monoisotopic (exact) mass is 247 g/mol. The van der Waals surface area contributed by atoms with E-state index >= 15 is 0 Å². The molecule has 0 amide bonds. The lowest BCUT2D eigenvalue weighted by molar-refractivity contribution is 0.0726. The predicted molar refractivity (Wildman–Crippen MR) is 75.9 cm³/mol. The van der Waals surface area contributed by atoms with Crippen molar-refractivity contribution in [2.24, 2.45) is 5.73 Å². The van der Waals surface area contributed by atoms with E-state index in [1.807, 2.05) is 0 Å².